The standard InChI is InChI=1S/C14H15BrN2O4/c1-8-5-9(15)6-10-12(8)17(14(20)13(10)19)7-11(18)16-3-4-21-2/h5-6H,3-4,7H2,1-2H3,(H,16,18). The average Bonchev–Trinajstić information content (AvgIpc) is 2.64. The molecule has 0 saturated carbocycles. The van der Waals surface area contributed by atoms with E-state index in [4.69, 9.17) is 4.74 Å². The first-order valence-electron chi connectivity index (χ1n) is 6.37. The van der Waals surface area contributed by atoms with E-state index < -0.39 is 11.7 Å². The predicted octanol–water partition coefficient (Wildman–Crippen LogP) is 1.05. The van der Waals surface area contributed by atoms with Gasteiger partial charge in [0.25, 0.3) is 11.7 Å². The van der Waals surface area contributed by atoms with E-state index in [1.54, 1.807) is 19.1 Å². The Hall–Kier alpha value is -1.73. The van der Waals surface area contributed by atoms with Crippen LogP contribution >= 0.6 is 15.9 Å². The van der Waals surface area contributed by atoms with Crippen molar-refractivity contribution in [2.45, 2.75) is 6.92 Å². The van der Waals surface area contributed by atoms with Crippen molar-refractivity contribution in [2.75, 3.05) is 31.7 Å². The van der Waals surface area contributed by atoms with E-state index in [0.717, 1.165) is 10.0 Å². The molecule has 1 aliphatic heterocycles. The van der Waals surface area contributed by atoms with Gasteiger partial charge in [-0.05, 0) is 24.6 Å². The van der Waals surface area contributed by atoms with Crippen molar-refractivity contribution in [3.05, 3.63) is 27.7 Å². The van der Waals surface area contributed by atoms with Crippen LogP contribution in [-0.2, 0) is 14.3 Å². The summed E-state index contributed by atoms with van der Waals surface area (Å²) in [4.78, 5) is 37.1. The maximum absolute atomic E-state index is 12.0. The van der Waals surface area contributed by atoms with E-state index in [-0.39, 0.29) is 12.5 Å². The van der Waals surface area contributed by atoms with Crippen LogP contribution in [0.2, 0.25) is 0 Å². The Morgan fingerprint density at radius 1 is 1.38 bits per heavy atom. The number of amides is 2. The first kappa shape index (κ1) is 15.7. The lowest BCUT2D eigenvalue weighted by Gasteiger charge is -2.18. The molecule has 0 aromatic heterocycles. The number of ether oxygens (including phenoxy) is 1. The molecule has 7 heteroatoms. The highest BCUT2D eigenvalue weighted by Gasteiger charge is 2.38. The number of carbonyl (C=O) groups is 3. The van der Waals surface area contributed by atoms with E-state index in [0.29, 0.717) is 24.4 Å². The van der Waals surface area contributed by atoms with E-state index in [1.165, 1.54) is 12.0 Å². The molecule has 1 aromatic rings. The lowest BCUT2D eigenvalue weighted by atomic mass is 10.1. The molecule has 2 rings (SSSR count). The average molecular weight is 355 g/mol. The first-order chi connectivity index (χ1) is 9.95. The molecule has 1 heterocycles. The van der Waals surface area contributed by atoms with Crippen molar-refractivity contribution in [3.8, 4) is 0 Å². The molecule has 0 radical (unpaired) electrons. The zero-order valence-corrected chi connectivity index (χ0v) is 13.3. The fourth-order valence-corrected chi connectivity index (χ4v) is 2.82. The van der Waals surface area contributed by atoms with Crippen molar-refractivity contribution in [2.24, 2.45) is 0 Å². The zero-order valence-electron chi connectivity index (χ0n) is 11.7. The normalized spacial score (nSPS) is 13.6. The van der Waals surface area contributed by atoms with Gasteiger partial charge >= 0.3 is 0 Å². The summed E-state index contributed by atoms with van der Waals surface area (Å²) in [7, 11) is 1.53. The molecular formula is C14H15BrN2O4. The Morgan fingerprint density at radius 3 is 2.76 bits per heavy atom. The third kappa shape index (κ3) is 3.14. The molecule has 0 fully saturated rings. The van der Waals surface area contributed by atoms with Crippen LogP contribution < -0.4 is 10.2 Å². The van der Waals surface area contributed by atoms with Gasteiger partial charge in [-0.3, -0.25) is 19.3 Å². The van der Waals surface area contributed by atoms with Crippen molar-refractivity contribution < 1.29 is 19.1 Å². The number of hydrogen-bond donors (Lipinski definition) is 1. The number of rotatable bonds is 5. The molecule has 0 saturated heterocycles. The number of ketones is 1. The summed E-state index contributed by atoms with van der Waals surface area (Å²) < 4.78 is 5.56. The summed E-state index contributed by atoms with van der Waals surface area (Å²) in [5.74, 6) is -1.59. The Kier molecular flexibility index (Phi) is 4.74. The van der Waals surface area contributed by atoms with Crippen LogP contribution in [-0.4, -0.2) is 44.4 Å². The number of nitrogens with zero attached hydrogens (tertiary/aromatic N) is 1. The number of methoxy groups -OCH3 is 1. The second kappa shape index (κ2) is 6.36. The number of hydrogen-bond acceptors (Lipinski definition) is 4. The highest BCUT2D eigenvalue weighted by Crippen LogP contribution is 2.34. The van der Waals surface area contributed by atoms with E-state index >= 15 is 0 Å². The monoisotopic (exact) mass is 354 g/mol. The van der Waals surface area contributed by atoms with Crippen molar-refractivity contribution in [3.63, 3.8) is 0 Å². The number of Topliss-reactive ketones (excluding diaryl/α,β-unsaturated/α-hetero) is 1. The van der Waals surface area contributed by atoms with E-state index in [2.05, 4.69) is 21.2 Å². The van der Waals surface area contributed by atoms with Crippen LogP contribution in [0.1, 0.15) is 15.9 Å². The summed E-state index contributed by atoms with van der Waals surface area (Å²) in [6, 6.07) is 3.41. The number of halogens is 1. The number of aryl methyl sites for hydroxylation is 1. The molecule has 112 valence electrons. The van der Waals surface area contributed by atoms with Gasteiger partial charge in [-0.15, -0.1) is 0 Å². The maximum atomic E-state index is 12.0. The summed E-state index contributed by atoms with van der Waals surface area (Å²) >= 11 is 3.30. The minimum Gasteiger partial charge on any atom is -0.383 e. The van der Waals surface area contributed by atoms with Gasteiger partial charge in [0, 0.05) is 18.1 Å². The van der Waals surface area contributed by atoms with Gasteiger partial charge in [-0.2, -0.15) is 0 Å². The van der Waals surface area contributed by atoms with Gasteiger partial charge < -0.3 is 10.1 Å². The van der Waals surface area contributed by atoms with Crippen molar-refractivity contribution in [1.29, 1.82) is 0 Å². The minimum atomic E-state index is -0.673. The van der Waals surface area contributed by atoms with Gasteiger partial charge in [-0.1, -0.05) is 15.9 Å². The number of fused-ring (bicyclic) bond motifs is 1. The topological polar surface area (TPSA) is 75.7 Å². The first-order valence-corrected chi connectivity index (χ1v) is 7.17. The van der Waals surface area contributed by atoms with Crippen LogP contribution in [0.15, 0.2) is 16.6 Å². The van der Waals surface area contributed by atoms with Gasteiger partial charge in [0.2, 0.25) is 5.91 Å². The van der Waals surface area contributed by atoms with Crippen LogP contribution in [0.5, 0.6) is 0 Å². The van der Waals surface area contributed by atoms with Crippen LogP contribution in [0.3, 0.4) is 0 Å². The number of carbonyl (C=O) groups excluding carboxylic acids is 3. The van der Waals surface area contributed by atoms with E-state index in [9.17, 15) is 14.4 Å². The molecule has 6 nitrogen and oxygen atoms in total. The minimum absolute atomic E-state index is 0.177. The fourth-order valence-electron chi connectivity index (χ4n) is 2.25. The van der Waals surface area contributed by atoms with Crippen LogP contribution in [0, 0.1) is 6.92 Å². The molecule has 0 spiro atoms. The smallest absolute Gasteiger partial charge is 0.299 e. The fraction of sp³-hybridized carbons (Fsp3) is 0.357. The number of anilines is 1. The molecule has 1 aliphatic rings. The summed E-state index contributed by atoms with van der Waals surface area (Å²) in [6.45, 7) is 2.37. The predicted molar refractivity (Wildman–Crippen MR) is 80.4 cm³/mol. The summed E-state index contributed by atoms with van der Waals surface area (Å²) in [5, 5.41) is 2.63. The molecule has 1 N–H and O–H groups in total. The highest BCUT2D eigenvalue weighted by molar-refractivity contribution is 9.10. The molecule has 0 bridgehead atoms. The van der Waals surface area contributed by atoms with Crippen LogP contribution in [0.4, 0.5) is 5.69 Å². The Balaban J connectivity index is 2.21. The third-order valence-electron chi connectivity index (χ3n) is 3.15. The van der Waals surface area contributed by atoms with E-state index in [1.807, 2.05) is 0 Å². The second-order valence-corrected chi connectivity index (χ2v) is 5.60. The molecule has 2 amide bonds. The van der Waals surface area contributed by atoms with Gasteiger partial charge in [0.05, 0.1) is 17.9 Å². The maximum Gasteiger partial charge on any atom is 0.299 e. The Labute approximate surface area is 130 Å². The SMILES string of the molecule is COCCNC(=O)CN1C(=O)C(=O)c2cc(Br)cc(C)c21. The Bertz CT molecular complexity index is 615. The van der Waals surface area contributed by atoms with Crippen molar-refractivity contribution in [1.82, 2.24) is 5.32 Å². The number of nitrogens with one attached hydrogen (secondary N) is 1. The van der Waals surface area contributed by atoms with Gasteiger partial charge in [0.15, 0.2) is 0 Å². The molecule has 0 atom stereocenters. The lowest BCUT2D eigenvalue weighted by molar-refractivity contribution is -0.122. The highest BCUT2D eigenvalue weighted by atomic mass is 79.9. The summed E-state index contributed by atoms with van der Waals surface area (Å²) in [6.07, 6.45) is 0. The quantitative estimate of drug-likeness (QED) is 0.633. The Morgan fingerprint density at radius 2 is 2.10 bits per heavy atom. The van der Waals surface area contributed by atoms with Gasteiger partial charge in [-0.25, -0.2) is 0 Å². The van der Waals surface area contributed by atoms with Crippen LogP contribution in [0.25, 0.3) is 0 Å². The molecule has 0 aliphatic carbocycles. The lowest BCUT2D eigenvalue weighted by Crippen LogP contribution is -2.41. The molecule has 21 heavy (non-hydrogen) atoms. The van der Waals surface area contributed by atoms with Crippen molar-refractivity contribution >= 4 is 39.2 Å². The molecular weight excluding hydrogens is 340 g/mol. The molecule has 1 aromatic carbocycles. The molecule has 0 unspecified atom stereocenters. The number of benzene rings is 1. The second-order valence-electron chi connectivity index (χ2n) is 4.68. The van der Waals surface area contributed by atoms with Gasteiger partial charge in [0.1, 0.15) is 6.54 Å². The summed E-state index contributed by atoms with van der Waals surface area (Å²) in [5.41, 5.74) is 1.61. The third-order valence-corrected chi connectivity index (χ3v) is 3.61. The largest absolute Gasteiger partial charge is 0.383 e. The zero-order chi connectivity index (χ0) is 15.6.